The molecular weight excluding hydrogens is 334 g/mol. The summed E-state index contributed by atoms with van der Waals surface area (Å²) < 4.78 is 5.10. The second-order valence-corrected chi connectivity index (χ2v) is 6.18. The van der Waals surface area contributed by atoms with Gasteiger partial charge < -0.3 is 9.64 Å². The van der Waals surface area contributed by atoms with Crippen LogP contribution < -0.4 is 5.01 Å². The predicted octanol–water partition coefficient (Wildman–Crippen LogP) is 2.20. The summed E-state index contributed by atoms with van der Waals surface area (Å²) in [6.45, 7) is 8.33. The summed E-state index contributed by atoms with van der Waals surface area (Å²) in [5, 5.41) is 5.46. The smallest absolute Gasteiger partial charge is 0.355 e. The molecule has 2 rings (SSSR count). The number of esters is 1. The van der Waals surface area contributed by atoms with Gasteiger partial charge in [0.2, 0.25) is 5.91 Å². The molecule has 0 fully saturated rings. The maximum atomic E-state index is 12.3. The van der Waals surface area contributed by atoms with Crippen LogP contribution in [0, 0.1) is 13.8 Å². The van der Waals surface area contributed by atoms with Gasteiger partial charge in [-0.25, -0.2) is 4.79 Å². The Balaban J connectivity index is 2.14. The van der Waals surface area contributed by atoms with Gasteiger partial charge in [-0.15, -0.1) is 0 Å². The summed E-state index contributed by atoms with van der Waals surface area (Å²) >= 11 is 0. The maximum absolute atomic E-state index is 12.3. The third-order valence-electron chi connectivity index (χ3n) is 4.30. The number of amides is 2. The van der Waals surface area contributed by atoms with Crippen LogP contribution in [-0.2, 0) is 19.1 Å². The van der Waals surface area contributed by atoms with Crippen LogP contribution in [0.3, 0.4) is 0 Å². The van der Waals surface area contributed by atoms with Crippen LogP contribution >= 0.6 is 0 Å². The molecule has 0 unspecified atom stereocenters. The van der Waals surface area contributed by atoms with Gasteiger partial charge in [-0.05, 0) is 44.9 Å². The summed E-state index contributed by atoms with van der Waals surface area (Å²) in [5.74, 6) is -1.08. The van der Waals surface area contributed by atoms with Crippen LogP contribution in [0.15, 0.2) is 23.3 Å². The molecule has 0 radical (unpaired) electrons. The van der Waals surface area contributed by atoms with E-state index in [1.807, 2.05) is 45.9 Å². The highest BCUT2D eigenvalue weighted by atomic mass is 16.5. The Morgan fingerprint density at radius 2 is 1.88 bits per heavy atom. The minimum Gasteiger partial charge on any atom is -0.451 e. The van der Waals surface area contributed by atoms with Crippen molar-refractivity contribution < 1.29 is 19.1 Å². The van der Waals surface area contributed by atoms with E-state index in [9.17, 15) is 14.4 Å². The summed E-state index contributed by atoms with van der Waals surface area (Å²) in [5.41, 5.74) is 2.68. The molecule has 7 nitrogen and oxygen atoms in total. The number of hydrogen-bond acceptors (Lipinski definition) is 5. The number of carbonyl (C=O) groups is 3. The molecule has 1 aliphatic rings. The molecule has 0 saturated heterocycles. The van der Waals surface area contributed by atoms with Gasteiger partial charge in [-0.2, -0.15) is 10.1 Å². The summed E-state index contributed by atoms with van der Waals surface area (Å²) in [7, 11) is 0. The molecule has 1 aliphatic heterocycles. The first-order valence-electron chi connectivity index (χ1n) is 8.79. The molecule has 1 aromatic rings. The lowest BCUT2D eigenvalue weighted by atomic mass is 10.1. The van der Waals surface area contributed by atoms with Crippen molar-refractivity contribution in [2.24, 2.45) is 5.10 Å². The molecule has 0 spiro atoms. The average Bonchev–Trinajstić information content (AvgIpc) is 2.63. The van der Waals surface area contributed by atoms with Crippen LogP contribution in [0.5, 0.6) is 0 Å². The molecule has 0 aromatic heterocycles. The minimum atomic E-state index is -0.659. The Kier molecular flexibility index (Phi) is 6.49. The van der Waals surface area contributed by atoms with Crippen molar-refractivity contribution in [1.29, 1.82) is 0 Å². The lowest BCUT2D eigenvalue weighted by Crippen LogP contribution is -2.38. The monoisotopic (exact) mass is 359 g/mol. The Hall–Kier alpha value is -2.70. The molecule has 0 atom stereocenters. The predicted molar refractivity (Wildman–Crippen MR) is 99.0 cm³/mol. The molecule has 0 N–H and O–H groups in total. The number of hydrogen-bond donors (Lipinski definition) is 0. The summed E-state index contributed by atoms with van der Waals surface area (Å²) in [6, 6.07) is 5.71. The number of ether oxygens (including phenoxy) is 1. The topological polar surface area (TPSA) is 79.3 Å². The molecule has 1 heterocycles. The van der Waals surface area contributed by atoms with E-state index >= 15 is 0 Å². The first kappa shape index (κ1) is 19.6. The number of carbonyl (C=O) groups excluding carboxylic acids is 3. The van der Waals surface area contributed by atoms with E-state index in [4.69, 9.17) is 4.74 Å². The van der Waals surface area contributed by atoms with Crippen LogP contribution in [0.25, 0.3) is 0 Å². The Morgan fingerprint density at radius 3 is 2.54 bits per heavy atom. The lowest BCUT2D eigenvalue weighted by Gasteiger charge is -2.24. The van der Waals surface area contributed by atoms with E-state index < -0.39 is 5.97 Å². The lowest BCUT2D eigenvalue weighted by molar-refractivity contribution is -0.146. The van der Waals surface area contributed by atoms with Gasteiger partial charge in [-0.3, -0.25) is 9.59 Å². The fourth-order valence-electron chi connectivity index (χ4n) is 2.71. The highest BCUT2D eigenvalue weighted by Crippen LogP contribution is 2.25. The molecule has 140 valence electrons. The number of nitrogens with zero attached hydrogens (tertiary/aromatic N) is 3. The molecule has 0 bridgehead atoms. The largest absolute Gasteiger partial charge is 0.451 e. The highest BCUT2D eigenvalue weighted by Gasteiger charge is 2.28. The molecule has 26 heavy (non-hydrogen) atoms. The van der Waals surface area contributed by atoms with E-state index in [0.29, 0.717) is 18.8 Å². The van der Waals surface area contributed by atoms with Crippen LogP contribution in [0.2, 0.25) is 0 Å². The van der Waals surface area contributed by atoms with Crippen LogP contribution in [0.4, 0.5) is 5.69 Å². The third kappa shape index (κ3) is 4.47. The van der Waals surface area contributed by atoms with Crippen molar-refractivity contribution in [1.82, 2.24) is 4.90 Å². The second-order valence-electron chi connectivity index (χ2n) is 6.18. The third-order valence-corrected chi connectivity index (χ3v) is 4.30. The Morgan fingerprint density at radius 1 is 1.19 bits per heavy atom. The second kappa shape index (κ2) is 8.60. The first-order chi connectivity index (χ1) is 12.4. The first-order valence-corrected chi connectivity index (χ1v) is 8.79. The number of rotatable bonds is 6. The Bertz CT molecular complexity index is 738. The van der Waals surface area contributed by atoms with Crippen LogP contribution in [-0.4, -0.2) is 48.1 Å². The zero-order valence-corrected chi connectivity index (χ0v) is 15.7. The number of benzene rings is 1. The minimum absolute atomic E-state index is 0.151. The van der Waals surface area contributed by atoms with Crippen molar-refractivity contribution >= 4 is 29.2 Å². The summed E-state index contributed by atoms with van der Waals surface area (Å²) in [6.07, 6.45) is 0.379. The molecule has 7 heteroatoms. The number of hydrazone groups is 1. The van der Waals surface area contributed by atoms with Gasteiger partial charge in [0.25, 0.3) is 5.91 Å². The van der Waals surface area contributed by atoms with Crippen molar-refractivity contribution in [3.8, 4) is 0 Å². The van der Waals surface area contributed by atoms with E-state index in [1.54, 1.807) is 4.90 Å². The summed E-state index contributed by atoms with van der Waals surface area (Å²) in [4.78, 5) is 38.1. The Labute approximate surface area is 153 Å². The van der Waals surface area contributed by atoms with Gasteiger partial charge >= 0.3 is 5.97 Å². The standard InChI is InChI=1S/C19H25N3O4/c1-5-21(6-2)18(24)12-26-19(25)15-9-10-17(23)22(20-15)16-11-13(3)7-8-14(16)4/h7-8,11H,5-6,9-10,12H2,1-4H3. The molecular formula is C19H25N3O4. The molecule has 0 aliphatic carbocycles. The van der Waals surface area contributed by atoms with Crippen molar-refractivity contribution in [3.63, 3.8) is 0 Å². The zero-order valence-electron chi connectivity index (χ0n) is 15.7. The van der Waals surface area contributed by atoms with Crippen molar-refractivity contribution in [2.75, 3.05) is 24.7 Å². The highest BCUT2D eigenvalue weighted by molar-refractivity contribution is 6.38. The average molecular weight is 359 g/mol. The number of anilines is 1. The van der Waals surface area contributed by atoms with Gasteiger partial charge in [0, 0.05) is 25.9 Å². The van der Waals surface area contributed by atoms with Crippen molar-refractivity contribution in [2.45, 2.75) is 40.5 Å². The van der Waals surface area contributed by atoms with Gasteiger partial charge in [0.05, 0.1) is 5.69 Å². The fourth-order valence-corrected chi connectivity index (χ4v) is 2.71. The number of likely N-dealkylation sites (N-methyl/N-ethyl adjacent to an activating group) is 1. The molecule has 2 amide bonds. The quantitative estimate of drug-likeness (QED) is 0.730. The van der Waals surface area contributed by atoms with E-state index in [1.165, 1.54) is 5.01 Å². The van der Waals surface area contributed by atoms with E-state index in [-0.39, 0.29) is 37.0 Å². The normalized spacial score (nSPS) is 14.1. The maximum Gasteiger partial charge on any atom is 0.355 e. The molecule has 1 aromatic carbocycles. The van der Waals surface area contributed by atoms with E-state index in [0.717, 1.165) is 11.1 Å². The van der Waals surface area contributed by atoms with Gasteiger partial charge in [0.1, 0.15) is 5.71 Å². The van der Waals surface area contributed by atoms with E-state index in [2.05, 4.69) is 5.10 Å². The van der Waals surface area contributed by atoms with Gasteiger partial charge in [-0.1, -0.05) is 12.1 Å². The molecule has 0 saturated carbocycles. The van der Waals surface area contributed by atoms with Crippen LogP contribution in [0.1, 0.15) is 37.8 Å². The fraction of sp³-hybridized carbons (Fsp3) is 0.474. The van der Waals surface area contributed by atoms with Crippen molar-refractivity contribution in [3.05, 3.63) is 29.3 Å². The SMILES string of the molecule is CCN(CC)C(=O)COC(=O)C1=NN(c2cc(C)ccc2C)C(=O)CC1. The van der Waals surface area contributed by atoms with Gasteiger partial charge in [0.15, 0.2) is 6.61 Å². The zero-order chi connectivity index (χ0) is 19.3. The number of aryl methyl sites for hydroxylation is 2.